The summed E-state index contributed by atoms with van der Waals surface area (Å²) in [5, 5.41) is 2.34. The van der Waals surface area contributed by atoms with Gasteiger partial charge in [0.25, 0.3) is 0 Å². The van der Waals surface area contributed by atoms with Crippen LogP contribution in [0.1, 0.15) is 27.2 Å². The highest BCUT2D eigenvalue weighted by atomic mass is 19.4. The van der Waals surface area contributed by atoms with Gasteiger partial charge in [-0.25, -0.2) is 0 Å². The van der Waals surface area contributed by atoms with E-state index < -0.39 is 24.1 Å². The maximum Gasteiger partial charge on any atom is 0.411 e. The van der Waals surface area contributed by atoms with Crippen LogP contribution in [0.3, 0.4) is 0 Å². The summed E-state index contributed by atoms with van der Waals surface area (Å²) >= 11 is 0. The first kappa shape index (κ1) is 16.9. The molecule has 18 heavy (non-hydrogen) atoms. The van der Waals surface area contributed by atoms with Crippen LogP contribution >= 0.6 is 0 Å². The second-order valence-electron chi connectivity index (χ2n) is 4.87. The molecule has 0 aromatic carbocycles. The molecule has 0 heterocycles. The quantitative estimate of drug-likeness (QED) is 0.746. The zero-order valence-corrected chi connectivity index (χ0v) is 10.7. The van der Waals surface area contributed by atoms with E-state index in [0.29, 0.717) is 0 Å². The van der Waals surface area contributed by atoms with E-state index in [4.69, 9.17) is 0 Å². The summed E-state index contributed by atoms with van der Waals surface area (Å²) in [5.74, 6) is -0.651. The van der Waals surface area contributed by atoms with Gasteiger partial charge in [0.05, 0.1) is 13.2 Å². The fourth-order valence-corrected chi connectivity index (χ4v) is 0.885. The van der Waals surface area contributed by atoms with E-state index in [-0.39, 0.29) is 25.4 Å². The molecule has 1 amide bonds. The van der Waals surface area contributed by atoms with Gasteiger partial charge in [0, 0.05) is 11.8 Å². The molecule has 0 aliphatic carbocycles. The highest BCUT2D eigenvalue weighted by molar-refractivity contribution is 5.89. The maximum atomic E-state index is 11.7. The topological polar surface area (TPSA) is 55.4 Å². The zero-order valence-electron chi connectivity index (χ0n) is 10.7. The summed E-state index contributed by atoms with van der Waals surface area (Å²) in [7, 11) is 0. The van der Waals surface area contributed by atoms with Gasteiger partial charge in [0.2, 0.25) is 5.91 Å². The van der Waals surface area contributed by atoms with Gasteiger partial charge in [0.1, 0.15) is 6.61 Å². The van der Waals surface area contributed by atoms with E-state index in [1.54, 1.807) is 20.8 Å². The summed E-state index contributed by atoms with van der Waals surface area (Å²) in [5.41, 5.74) is -0.555. The lowest BCUT2D eigenvalue weighted by Gasteiger charge is -2.16. The van der Waals surface area contributed by atoms with Gasteiger partial charge in [-0.2, -0.15) is 13.2 Å². The third-order valence-electron chi connectivity index (χ3n) is 2.02. The molecule has 7 heteroatoms. The molecule has 1 N–H and O–H groups in total. The molecule has 106 valence electrons. The lowest BCUT2D eigenvalue weighted by Crippen LogP contribution is -2.35. The minimum atomic E-state index is -4.39. The lowest BCUT2D eigenvalue weighted by atomic mass is 9.91. The van der Waals surface area contributed by atoms with E-state index >= 15 is 0 Å². The predicted molar refractivity (Wildman–Crippen MR) is 59.0 cm³/mol. The van der Waals surface area contributed by atoms with Crippen molar-refractivity contribution in [2.24, 2.45) is 5.41 Å². The standard InChI is InChI=1S/C11H18F3NO3/c1-10(2,3)8(16)6-15-9(17)4-5-18-7-11(12,13)14/h4-7H2,1-3H3,(H,15,17). The van der Waals surface area contributed by atoms with Gasteiger partial charge in [-0.15, -0.1) is 0 Å². The molecule has 0 aliphatic heterocycles. The SMILES string of the molecule is CC(C)(C)C(=O)CNC(=O)CCOCC(F)(F)F. The van der Waals surface area contributed by atoms with Crippen LogP contribution in [0.2, 0.25) is 0 Å². The number of carbonyl (C=O) groups is 2. The maximum absolute atomic E-state index is 11.7. The molecule has 4 nitrogen and oxygen atoms in total. The number of rotatable bonds is 6. The summed E-state index contributed by atoms with van der Waals surface area (Å²) in [6, 6.07) is 0. The molecule has 0 atom stereocenters. The number of hydrogen-bond acceptors (Lipinski definition) is 3. The highest BCUT2D eigenvalue weighted by Crippen LogP contribution is 2.14. The van der Waals surface area contributed by atoms with Crippen LogP contribution < -0.4 is 5.32 Å². The summed E-state index contributed by atoms with van der Waals surface area (Å²) < 4.78 is 39.4. The molecule has 0 saturated carbocycles. The molecule has 0 unspecified atom stereocenters. The van der Waals surface area contributed by atoms with Gasteiger partial charge in [-0.1, -0.05) is 20.8 Å². The van der Waals surface area contributed by atoms with Crippen molar-refractivity contribution in [1.82, 2.24) is 5.32 Å². The van der Waals surface area contributed by atoms with Crippen LogP contribution in [-0.2, 0) is 14.3 Å². The number of alkyl halides is 3. The Labute approximate surface area is 104 Å². The first-order chi connectivity index (χ1) is 8.02. The van der Waals surface area contributed by atoms with E-state index in [1.807, 2.05) is 0 Å². The van der Waals surface area contributed by atoms with E-state index in [0.717, 1.165) is 0 Å². The van der Waals surface area contributed by atoms with Gasteiger partial charge >= 0.3 is 6.18 Å². The number of halogens is 3. The Hall–Kier alpha value is -1.11. The molecule has 0 fully saturated rings. The van der Waals surface area contributed by atoms with Crippen LogP contribution in [0.5, 0.6) is 0 Å². The largest absolute Gasteiger partial charge is 0.411 e. The molecule has 0 saturated heterocycles. The van der Waals surface area contributed by atoms with E-state index in [1.165, 1.54) is 0 Å². The molecule has 0 spiro atoms. The average Bonchev–Trinajstić information content (AvgIpc) is 2.18. The molecule has 0 bridgehead atoms. The predicted octanol–water partition coefficient (Wildman–Crippen LogP) is 1.69. The Morgan fingerprint density at radius 2 is 1.72 bits per heavy atom. The van der Waals surface area contributed by atoms with Crippen LogP contribution in [0.4, 0.5) is 13.2 Å². The van der Waals surface area contributed by atoms with Crippen molar-refractivity contribution in [2.45, 2.75) is 33.4 Å². The third kappa shape index (κ3) is 8.98. The zero-order chi connectivity index (χ0) is 14.4. The van der Waals surface area contributed by atoms with Crippen LogP contribution in [0.15, 0.2) is 0 Å². The van der Waals surface area contributed by atoms with Crippen LogP contribution in [-0.4, -0.2) is 37.6 Å². The number of amides is 1. The second-order valence-corrected chi connectivity index (χ2v) is 4.87. The monoisotopic (exact) mass is 269 g/mol. The number of carbonyl (C=O) groups excluding carboxylic acids is 2. The Morgan fingerprint density at radius 1 is 1.17 bits per heavy atom. The van der Waals surface area contributed by atoms with Crippen LogP contribution in [0.25, 0.3) is 0 Å². The molecular formula is C11H18F3NO3. The van der Waals surface area contributed by atoms with Crippen molar-refractivity contribution in [1.29, 1.82) is 0 Å². The summed E-state index contributed by atoms with van der Waals surface area (Å²) in [6.45, 7) is 3.33. The third-order valence-corrected chi connectivity index (χ3v) is 2.02. The van der Waals surface area contributed by atoms with Crippen LogP contribution in [0, 0.1) is 5.41 Å². The Bertz CT molecular complexity index is 295. The second kappa shape index (κ2) is 6.72. The van der Waals surface area contributed by atoms with E-state index in [9.17, 15) is 22.8 Å². The van der Waals surface area contributed by atoms with Gasteiger partial charge in [-0.3, -0.25) is 9.59 Å². The normalized spacial score (nSPS) is 12.3. The Morgan fingerprint density at radius 3 is 2.17 bits per heavy atom. The molecule has 0 aromatic rings. The Balaban J connectivity index is 3.71. The van der Waals surface area contributed by atoms with Crippen molar-refractivity contribution in [3.63, 3.8) is 0 Å². The minimum absolute atomic E-state index is 0.123. The molecule has 0 radical (unpaired) electrons. The first-order valence-corrected chi connectivity index (χ1v) is 5.47. The highest BCUT2D eigenvalue weighted by Gasteiger charge is 2.27. The van der Waals surface area contributed by atoms with Gasteiger partial charge in [-0.05, 0) is 0 Å². The number of ether oxygens (including phenoxy) is 1. The number of ketones is 1. The number of nitrogens with one attached hydrogen (secondary N) is 1. The number of hydrogen-bond donors (Lipinski definition) is 1. The minimum Gasteiger partial charge on any atom is -0.372 e. The van der Waals surface area contributed by atoms with Crippen molar-refractivity contribution < 1.29 is 27.5 Å². The van der Waals surface area contributed by atoms with Crippen molar-refractivity contribution >= 4 is 11.7 Å². The smallest absolute Gasteiger partial charge is 0.372 e. The lowest BCUT2D eigenvalue weighted by molar-refractivity contribution is -0.174. The summed E-state index contributed by atoms with van der Waals surface area (Å²) in [4.78, 5) is 22.6. The number of Topliss-reactive ketones (excluding diaryl/α,β-unsaturated/α-hetero) is 1. The van der Waals surface area contributed by atoms with Crippen molar-refractivity contribution in [2.75, 3.05) is 19.8 Å². The van der Waals surface area contributed by atoms with Crippen molar-refractivity contribution in [3.05, 3.63) is 0 Å². The average molecular weight is 269 g/mol. The molecule has 0 aliphatic rings. The fourth-order valence-electron chi connectivity index (χ4n) is 0.885. The first-order valence-electron chi connectivity index (χ1n) is 5.47. The Kier molecular flexibility index (Phi) is 6.31. The summed E-state index contributed by atoms with van der Waals surface area (Å²) in [6.07, 6.45) is -4.59. The molecular weight excluding hydrogens is 251 g/mol. The van der Waals surface area contributed by atoms with E-state index in [2.05, 4.69) is 10.1 Å². The fraction of sp³-hybridized carbons (Fsp3) is 0.818. The van der Waals surface area contributed by atoms with Crippen molar-refractivity contribution in [3.8, 4) is 0 Å². The van der Waals surface area contributed by atoms with Gasteiger partial charge < -0.3 is 10.1 Å². The molecule has 0 rings (SSSR count). The molecule has 0 aromatic heterocycles. The van der Waals surface area contributed by atoms with Gasteiger partial charge in [0.15, 0.2) is 5.78 Å².